The van der Waals surface area contributed by atoms with Crippen LogP contribution in [0.2, 0.25) is 0 Å². The van der Waals surface area contributed by atoms with Crippen molar-refractivity contribution < 1.29 is 0 Å². The highest BCUT2D eigenvalue weighted by Crippen LogP contribution is 2.20. The third-order valence-electron chi connectivity index (χ3n) is 3.79. The molecule has 114 valence electrons. The molecule has 0 aliphatic carbocycles. The van der Waals surface area contributed by atoms with Gasteiger partial charge in [-0.1, -0.05) is 81.4 Å². The van der Waals surface area contributed by atoms with E-state index in [4.69, 9.17) is 11.5 Å². The first kappa shape index (κ1) is 17.4. The van der Waals surface area contributed by atoms with E-state index in [1.807, 2.05) is 36.4 Å². The van der Waals surface area contributed by atoms with Crippen molar-refractivity contribution in [3.63, 3.8) is 0 Å². The average molecular weight is 284 g/mol. The Labute approximate surface area is 129 Å². The first-order valence-electron chi connectivity index (χ1n) is 7.52. The Kier molecular flexibility index (Phi) is 7.13. The molecule has 0 radical (unpaired) electrons. The van der Waals surface area contributed by atoms with Crippen LogP contribution in [-0.2, 0) is 5.41 Å². The van der Waals surface area contributed by atoms with E-state index in [0.29, 0.717) is 12.5 Å². The molecule has 0 saturated heterocycles. The zero-order valence-electron chi connectivity index (χ0n) is 13.4. The van der Waals surface area contributed by atoms with E-state index in [2.05, 4.69) is 45.0 Å². The Morgan fingerprint density at radius 3 is 1.76 bits per heavy atom. The lowest BCUT2D eigenvalue weighted by atomic mass is 9.85. The van der Waals surface area contributed by atoms with Crippen LogP contribution in [0.1, 0.15) is 37.8 Å². The molecule has 0 saturated carbocycles. The van der Waals surface area contributed by atoms with Gasteiger partial charge in [0.25, 0.3) is 0 Å². The molecule has 1 unspecified atom stereocenters. The van der Waals surface area contributed by atoms with E-state index in [-0.39, 0.29) is 5.41 Å². The van der Waals surface area contributed by atoms with Gasteiger partial charge in [0.2, 0.25) is 0 Å². The van der Waals surface area contributed by atoms with Gasteiger partial charge in [0.1, 0.15) is 0 Å². The first-order valence-corrected chi connectivity index (χ1v) is 7.52. The van der Waals surface area contributed by atoms with Crippen molar-refractivity contribution >= 4 is 0 Å². The maximum absolute atomic E-state index is 5.64. The smallest absolute Gasteiger partial charge is 0.00190 e. The average Bonchev–Trinajstić information content (AvgIpc) is 2.56. The molecule has 0 aromatic heterocycles. The molecule has 0 fully saturated rings. The minimum Gasteiger partial charge on any atom is -0.330 e. The highest BCUT2D eigenvalue weighted by molar-refractivity contribution is 5.23. The SMILES string of the molecule is CC(C)(CN)c1ccccc1.CC(CN)c1ccccc1. The van der Waals surface area contributed by atoms with Crippen molar-refractivity contribution in [1.29, 1.82) is 0 Å². The highest BCUT2D eigenvalue weighted by Gasteiger charge is 2.16. The number of rotatable bonds is 4. The van der Waals surface area contributed by atoms with Crippen LogP contribution >= 0.6 is 0 Å². The van der Waals surface area contributed by atoms with E-state index >= 15 is 0 Å². The molecule has 0 spiro atoms. The molecule has 2 nitrogen and oxygen atoms in total. The van der Waals surface area contributed by atoms with Gasteiger partial charge in [0.05, 0.1) is 0 Å². The summed E-state index contributed by atoms with van der Waals surface area (Å²) in [5.41, 5.74) is 13.9. The van der Waals surface area contributed by atoms with E-state index in [1.54, 1.807) is 0 Å². The summed E-state index contributed by atoms with van der Waals surface area (Å²) in [6, 6.07) is 20.7. The fourth-order valence-corrected chi connectivity index (χ4v) is 1.92. The van der Waals surface area contributed by atoms with Crippen molar-refractivity contribution in [3.8, 4) is 0 Å². The second-order valence-corrected chi connectivity index (χ2v) is 6.00. The monoisotopic (exact) mass is 284 g/mol. The fraction of sp³-hybridized carbons (Fsp3) is 0.368. The number of hydrogen-bond donors (Lipinski definition) is 2. The summed E-state index contributed by atoms with van der Waals surface area (Å²) in [5.74, 6) is 0.487. The van der Waals surface area contributed by atoms with E-state index in [9.17, 15) is 0 Å². The molecular formula is C19H28N2. The summed E-state index contributed by atoms with van der Waals surface area (Å²) >= 11 is 0. The quantitative estimate of drug-likeness (QED) is 0.900. The van der Waals surface area contributed by atoms with E-state index in [0.717, 1.165) is 6.54 Å². The van der Waals surface area contributed by atoms with Crippen LogP contribution in [0, 0.1) is 0 Å². The van der Waals surface area contributed by atoms with Gasteiger partial charge in [-0.05, 0) is 23.6 Å². The Morgan fingerprint density at radius 2 is 1.33 bits per heavy atom. The van der Waals surface area contributed by atoms with E-state index < -0.39 is 0 Å². The molecule has 1 atom stereocenters. The lowest BCUT2D eigenvalue weighted by Crippen LogP contribution is -2.27. The van der Waals surface area contributed by atoms with E-state index in [1.165, 1.54) is 11.1 Å². The Balaban J connectivity index is 0.000000211. The second kappa shape index (κ2) is 8.60. The summed E-state index contributed by atoms with van der Waals surface area (Å²) in [6.45, 7) is 7.86. The molecule has 21 heavy (non-hydrogen) atoms. The molecule has 0 amide bonds. The van der Waals surface area contributed by atoms with Gasteiger partial charge < -0.3 is 11.5 Å². The standard InChI is InChI=1S/C10H15N.C9H13N/c1-10(2,8-11)9-6-4-3-5-7-9;1-8(7-10)9-5-3-2-4-6-9/h3-7H,8,11H2,1-2H3;2-6,8H,7,10H2,1H3. The van der Waals surface area contributed by atoms with Gasteiger partial charge in [-0.2, -0.15) is 0 Å². The highest BCUT2D eigenvalue weighted by atomic mass is 14.6. The van der Waals surface area contributed by atoms with Crippen molar-refractivity contribution in [3.05, 3.63) is 71.8 Å². The molecule has 0 bridgehead atoms. The summed E-state index contributed by atoms with van der Waals surface area (Å²) in [7, 11) is 0. The third-order valence-corrected chi connectivity index (χ3v) is 3.79. The van der Waals surface area contributed by atoms with Gasteiger partial charge >= 0.3 is 0 Å². The zero-order valence-corrected chi connectivity index (χ0v) is 13.4. The van der Waals surface area contributed by atoms with Crippen molar-refractivity contribution in [2.75, 3.05) is 13.1 Å². The van der Waals surface area contributed by atoms with Gasteiger partial charge in [-0.15, -0.1) is 0 Å². The molecule has 0 heterocycles. The van der Waals surface area contributed by atoms with Crippen molar-refractivity contribution in [2.45, 2.75) is 32.1 Å². The molecule has 2 aromatic carbocycles. The summed E-state index contributed by atoms with van der Waals surface area (Å²) in [4.78, 5) is 0. The summed E-state index contributed by atoms with van der Waals surface area (Å²) in [5, 5.41) is 0. The van der Waals surface area contributed by atoms with Crippen molar-refractivity contribution in [2.24, 2.45) is 11.5 Å². The van der Waals surface area contributed by atoms with Crippen LogP contribution in [0.25, 0.3) is 0 Å². The largest absolute Gasteiger partial charge is 0.330 e. The van der Waals surface area contributed by atoms with Crippen molar-refractivity contribution in [1.82, 2.24) is 0 Å². The zero-order chi connectivity index (χ0) is 15.7. The second-order valence-electron chi connectivity index (χ2n) is 6.00. The Hall–Kier alpha value is -1.64. The normalized spacial score (nSPS) is 12.2. The van der Waals surface area contributed by atoms with Gasteiger partial charge in [0.15, 0.2) is 0 Å². The fourth-order valence-electron chi connectivity index (χ4n) is 1.92. The van der Waals surface area contributed by atoms with Gasteiger partial charge in [-0.25, -0.2) is 0 Å². The lowest BCUT2D eigenvalue weighted by Gasteiger charge is -2.22. The number of nitrogens with two attached hydrogens (primary N) is 2. The first-order chi connectivity index (χ1) is 10.0. The Morgan fingerprint density at radius 1 is 0.857 bits per heavy atom. The predicted molar refractivity (Wildman–Crippen MR) is 92.4 cm³/mol. The van der Waals surface area contributed by atoms with Crippen LogP contribution in [0.15, 0.2) is 60.7 Å². The maximum Gasteiger partial charge on any atom is 0.00190 e. The molecular weight excluding hydrogens is 256 g/mol. The predicted octanol–water partition coefficient (Wildman–Crippen LogP) is 3.67. The molecule has 2 rings (SSSR count). The van der Waals surface area contributed by atoms with Gasteiger partial charge in [-0.3, -0.25) is 0 Å². The molecule has 0 aliphatic rings. The van der Waals surface area contributed by atoms with Crippen LogP contribution in [0.5, 0.6) is 0 Å². The molecule has 2 aromatic rings. The van der Waals surface area contributed by atoms with Crippen LogP contribution in [0.4, 0.5) is 0 Å². The van der Waals surface area contributed by atoms with Crippen LogP contribution in [0.3, 0.4) is 0 Å². The lowest BCUT2D eigenvalue weighted by molar-refractivity contribution is 0.539. The van der Waals surface area contributed by atoms with Crippen LogP contribution in [-0.4, -0.2) is 13.1 Å². The summed E-state index contributed by atoms with van der Waals surface area (Å²) in [6.07, 6.45) is 0. The van der Waals surface area contributed by atoms with Crippen LogP contribution < -0.4 is 11.5 Å². The molecule has 4 N–H and O–H groups in total. The Bertz CT molecular complexity index is 491. The van der Waals surface area contributed by atoms with Gasteiger partial charge in [0, 0.05) is 12.0 Å². The molecule has 2 heteroatoms. The minimum atomic E-state index is 0.112. The maximum atomic E-state index is 5.64. The third kappa shape index (κ3) is 5.70. The minimum absolute atomic E-state index is 0.112. The topological polar surface area (TPSA) is 52.0 Å². The number of hydrogen-bond acceptors (Lipinski definition) is 2. The molecule has 0 aliphatic heterocycles. The summed E-state index contributed by atoms with van der Waals surface area (Å²) < 4.78 is 0. The number of benzene rings is 2.